The third-order valence-electron chi connectivity index (χ3n) is 0. The molecule has 4 nitrogen and oxygen atoms in total. The van der Waals surface area contributed by atoms with Crippen molar-refractivity contribution >= 4 is 0 Å². The molecule has 0 aliphatic rings. The summed E-state index contributed by atoms with van der Waals surface area (Å²) < 4.78 is 0. The molecule has 0 saturated carbocycles. The van der Waals surface area contributed by atoms with E-state index in [0.29, 0.717) is 0 Å². The Labute approximate surface area is 58.7 Å². The molecule has 0 fully saturated rings. The van der Waals surface area contributed by atoms with Crippen LogP contribution in [0.4, 0.5) is 0 Å². The summed E-state index contributed by atoms with van der Waals surface area (Å²) in [7, 11) is 0. The van der Waals surface area contributed by atoms with Crippen molar-refractivity contribution in [3.63, 3.8) is 0 Å². The molecule has 0 spiro atoms. The molecule has 0 aliphatic heterocycles. The van der Waals surface area contributed by atoms with Gasteiger partial charge in [-0.1, -0.05) is 0 Å². The van der Waals surface area contributed by atoms with Gasteiger partial charge < -0.3 is 5.21 Å². The third kappa shape index (κ3) is 117. The van der Waals surface area contributed by atoms with Crippen molar-refractivity contribution in [3.8, 4) is 0 Å². The first kappa shape index (κ1) is 9.08. The minimum Gasteiger partial charge on any atom is -0.328 e. The van der Waals surface area contributed by atoms with E-state index < -0.39 is 5.09 Å². The van der Waals surface area contributed by atoms with Crippen molar-refractivity contribution in [1.29, 1.82) is 0 Å². The predicted octanol–water partition coefficient (Wildman–Crippen LogP) is -0.348. The van der Waals surface area contributed by atoms with Crippen LogP contribution in [0.5, 0.6) is 0 Å². The quantitative estimate of drug-likeness (QED) is 0.450. The van der Waals surface area contributed by atoms with E-state index >= 15 is 0 Å². The van der Waals surface area contributed by atoms with E-state index in [1.54, 1.807) is 0 Å². The molecule has 1 radical (unpaired) electrons. The summed E-state index contributed by atoms with van der Waals surface area (Å²) in [4.78, 5) is 8.36. The van der Waals surface area contributed by atoms with Crippen LogP contribution in [-0.2, 0) is 0 Å². The second-order valence-corrected chi connectivity index (χ2v) is 0.238. The fourth-order valence-electron chi connectivity index (χ4n) is 0. The molecule has 5 heavy (non-hydrogen) atoms. The molecule has 1 N–H and O–H groups in total. The van der Waals surface area contributed by atoms with Crippen LogP contribution in [0.25, 0.3) is 0 Å². The van der Waals surface area contributed by atoms with Crippen molar-refractivity contribution in [2.24, 2.45) is 0 Å². The molecule has 33 valence electrons. The maximum absolute atomic E-state index is 8.36. The number of hydrogen-bond donors (Lipinski definition) is 1. The van der Waals surface area contributed by atoms with Gasteiger partial charge in [-0.15, -0.1) is 10.1 Å². The van der Waals surface area contributed by atoms with Gasteiger partial charge >= 0.3 is 0 Å². The van der Waals surface area contributed by atoms with Crippen molar-refractivity contribution < 1.29 is 48.9 Å². The molecule has 0 heterocycles. The molecule has 0 aliphatic carbocycles. The van der Waals surface area contributed by atoms with Gasteiger partial charge in [0, 0.05) is 38.6 Å². The normalized spacial score (nSPS) is 4.80. The van der Waals surface area contributed by atoms with Gasteiger partial charge in [0.05, 0.1) is 0 Å². The van der Waals surface area contributed by atoms with Crippen LogP contribution in [-0.4, -0.2) is 10.3 Å². The van der Waals surface area contributed by atoms with E-state index in [1.165, 1.54) is 0 Å². The van der Waals surface area contributed by atoms with E-state index in [2.05, 4.69) is 0 Å². The molecule has 0 atom stereocenters. The van der Waals surface area contributed by atoms with E-state index in [1.807, 2.05) is 0 Å². The Balaban J connectivity index is 0. The van der Waals surface area contributed by atoms with Gasteiger partial charge in [-0.3, -0.25) is 0 Å². The average Bonchev–Trinajstić information content (AvgIpc) is 0.811. The summed E-state index contributed by atoms with van der Waals surface area (Å²) in [5.74, 6) is 0. The van der Waals surface area contributed by atoms with Crippen LogP contribution in [0, 0.1) is 48.7 Å². The summed E-state index contributed by atoms with van der Waals surface area (Å²) in [6.07, 6.45) is 0. The van der Waals surface area contributed by atoms with Crippen LogP contribution in [0.2, 0.25) is 0 Å². The molecule has 0 amide bonds. The van der Waals surface area contributed by atoms with Crippen molar-refractivity contribution in [3.05, 3.63) is 10.1 Å². The van der Waals surface area contributed by atoms with Crippen LogP contribution in [0.15, 0.2) is 0 Å². The molecule has 0 bridgehead atoms. The summed E-state index contributed by atoms with van der Waals surface area (Å²) in [6, 6.07) is 0. The SMILES string of the molecule is O=[N+]([O-])O.[Tb]. The molecule has 0 saturated heterocycles. The van der Waals surface area contributed by atoms with Crippen molar-refractivity contribution in [2.75, 3.05) is 0 Å². The first-order valence-corrected chi connectivity index (χ1v) is 0.565. The van der Waals surface area contributed by atoms with E-state index in [4.69, 9.17) is 15.3 Å². The monoisotopic (exact) mass is 222 g/mol. The van der Waals surface area contributed by atoms with Crippen LogP contribution in [0.1, 0.15) is 0 Å². The molecule has 0 rings (SSSR count). The summed E-state index contributed by atoms with van der Waals surface area (Å²) in [5, 5.41) is 13.6. The Bertz CT molecular complexity index is 29.9. The zero-order valence-corrected chi connectivity index (χ0v) is 4.18. The van der Waals surface area contributed by atoms with Crippen LogP contribution < -0.4 is 0 Å². The van der Waals surface area contributed by atoms with Gasteiger partial charge in [0.2, 0.25) is 0 Å². The van der Waals surface area contributed by atoms with E-state index in [9.17, 15) is 0 Å². The molecule has 0 unspecified atom stereocenters. The Morgan fingerprint density at radius 3 is 1.80 bits per heavy atom. The van der Waals surface area contributed by atoms with E-state index in [-0.39, 0.29) is 38.6 Å². The Morgan fingerprint density at radius 1 is 1.80 bits per heavy atom. The maximum Gasteiger partial charge on any atom is 0.291 e. The van der Waals surface area contributed by atoms with Crippen molar-refractivity contribution in [2.45, 2.75) is 0 Å². The molecule has 5 heteroatoms. The molecular weight excluding hydrogens is 221 g/mol. The minimum atomic E-state index is -1.50. The Morgan fingerprint density at radius 2 is 1.80 bits per heavy atom. The Kier molecular flexibility index (Phi) is 8.15. The van der Waals surface area contributed by atoms with E-state index in [0.717, 1.165) is 0 Å². The van der Waals surface area contributed by atoms with Gasteiger partial charge in [-0.05, 0) is 0 Å². The number of rotatable bonds is 0. The molecule has 0 aromatic heterocycles. The van der Waals surface area contributed by atoms with Gasteiger partial charge in [0.25, 0.3) is 5.09 Å². The van der Waals surface area contributed by atoms with Crippen LogP contribution in [0.3, 0.4) is 0 Å². The topological polar surface area (TPSA) is 63.4 Å². The van der Waals surface area contributed by atoms with Crippen molar-refractivity contribution in [1.82, 2.24) is 0 Å². The summed E-state index contributed by atoms with van der Waals surface area (Å²) in [5.41, 5.74) is 0. The molecule has 0 aromatic carbocycles. The zero-order valence-electron chi connectivity index (χ0n) is 2.04. The van der Waals surface area contributed by atoms with Gasteiger partial charge in [0.15, 0.2) is 0 Å². The standard InChI is InChI=1S/HNO3.Tb/c2-1(3)4;/h(H,2,3,4);. The first-order chi connectivity index (χ1) is 1.73. The number of hydrogen-bond acceptors (Lipinski definition) is 2. The maximum atomic E-state index is 8.36. The van der Waals surface area contributed by atoms with Crippen LogP contribution >= 0.6 is 0 Å². The molecule has 0 aromatic rings. The largest absolute Gasteiger partial charge is 0.328 e. The fourth-order valence-corrected chi connectivity index (χ4v) is 0. The zero-order chi connectivity index (χ0) is 3.58. The predicted molar refractivity (Wildman–Crippen MR) is 8.78 cm³/mol. The molecular formula is HNO3Tb. The Hall–Kier alpha value is 0.486. The second-order valence-electron chi connectivity index (χ2n) is 0.238. The van der Waals surface area contributed by atoms with Gasteiger partial charge in [0.1, 0.15) is 0 Å². The third-order valence-corrected chi connectivity index (χ3v) is 0. The smallest absolute Gasteiger partial charge is 0.291 e. The summed E-state index contributed by atoms with van der Waals surface area (Å²) in [6.45, 7) is 0. The van der Waals surface area contributed by atoms with Gasteiger partial charge in [-0.2, -0.15) is 0 Å². The summed E-state index contributed by atoms with van der Waals surface area (Å²) >= 11 is 0. The average molecular weight is 222 g/mol. The first-order valence-electron chi connectivity index (χ1n) is 0.565. The minimum absolute atomic E-state index is 0. The van der Waals surface area contributed by atoms with Gasteiger partial charge in [-0.25, -0.2) is 0 Å². The fraction of sp³-hybridized carbons (Fsp3) is 0. The second kappa shape index (κ2) is 4.49. The number of nitrogens with zero attached hydrogens (tertiary/aromatic N) is 1.